The first-order valence-electron chi connectivity index (χ1n) is 4.14. The molecule has 0 heterocycles. The molecule has 0 aliphatic heterocycles. The lowest BCUT2D eigenvalue weighted by molar-refractivity contribution is 0.174. The van der Waals surface area contributed by atoms with Crippen molar-refractivity contribution in [2.75, 3.05) is 19.9 Å². The lowest BCUT2D eigenvalue weighted by Crippen LogP contribution is -2.22. The van der Waals surface area contributed by atoms with E-state index in [2.05, 4.69) is 19.2 Å². The molecule has 3 nitrogen and oxygen atoms in total. The Morgan fingerprint density at radius 1 is 1.27 bits per heavy atom. The monoisotopic (exact) mass is 161 g/mol. The summed E-state index contributed by atoms with van der Waals surface area (Å²) in [6.45, 7) is 5.24. The molecule has 3 N–H and O–H groups in total. The van der Waals surface area contributed by atoms with E-state index in [9.17, 15) is 0 Å². The van der Waals surface area contributed by atoms with Gasteiger partial charge in [-0.1, -0.05) is 13.8 Å². The minimum atomic E-state index is 0.0241. The van der Waals surface area contributed by atoms with E-state index in [1.165, 1.54) is 0 Å². The molecule has 3 heteroatoms. The molecule has 0 aromatic rings. The molecule has 0 spiro atoms. The maximum absolute atomic E-state index is 8.91. The summed E-state index contributed by atoms with van der Waals surface area (Å²) in [5.74, 6) is 0.870. The van der Waals surface area contributed by atoms with Gasteiger partial charge in [0.2, 0.25) is 0 Å². The third-order valence-electron chi connectivity index (χ3n) is 1.98. The van der Waals surface area contributed by atoms with E-state index in [0.717, 1.165) is 13.0 Å². The van der Waals surface area contributed by atoms with Crippen molar-refractivity contribution < 1.29 is 10.2 Å². The quantitative estimate of drug-likeness (QED) is 0.385. The lowest BCUT2D eigenvalue weighted by atomic mass is 9.93. The van der Waals surface area contributed by atoms with Crippen LogP contribution in [-0.4, -0.2) is 30.1 Å². The molecule has 0 unspecified atom stereocenters. The summed E-state index contributed by atoms with van der Waals surface area (Å²) < 4.78 is 0. The fourth-order valence-corrected chi connectivity index (χ4v) is 1.00. The van der Waals surface area contributed by atoms with E-state index >= 15 is 0 Å². The van der Waals surface area contributed by atoms with Crippen molar-refractivity contribution in [2.45, 2.75) is 20.3 Å². The van der Waals surface area contributed by atoms with Crippen LogP contribution < -0.4 is 5.32 Å². The summed E-state index contributed by atoms with van der Waals surface area (Å²) in [5.41, 5.74) is 0. The van der Waals surface area contributed by atoms with Crippen LogP contribution in [0.1, 0.15) is 20.3 Å². The molecule has 0 aliphatic rings. The van der Waals surface area contributed by atoms with E-state index in [1.54, 1.807) is 0 Å². The zero-order chi connectivity index (χ0) is 8.69. The van der Waals surface area contributed by atoms with Gasteiger partial charge in [0, 0.05) is 6.61 Å². The first-order valence-corrected chi connectivity index (χ1v) is 4.14. The van der Waals surface area contributed by atoms with Gasteiger partial charge in [0.05, 0.1) is 6.73 Å². The fourth-order valence-electron chi connectivity index (χ4n) is 1.00. The molecule has 0 bridgehead atoms. The normalized spacial score (nSPS) is 13.9. The minimum Gasteiger partial charge on any atom is -0.396 e. The van der Waals surface area contributed by atoms with Crippen molar-refractivity contribution in [1.29, 1.82) is 0 Å². The number of rotatable bonds is 6. The summed E-state index contributed by atoms with van der Waals surface area (Å²) >= 11 is 0. The van der Waals surface area contributed by atoms with Gasteiger partial charge in [0.15, 0.2) is 0 Å². The van der Waals surface area contributed by atoms with Crippen LogP contribution >= 0.6 is 0 Å². The molecule has 0 saturated heterocycles. The highest BCUT2D eigenvalue weighted by atomic mass is 16.3. The number of aliphatic hydroxyl groups excluding tert-OH is 2. The molecule has 0 amide bonds. The average molecular weight is 161 g/mol. The topological polar surface area (TPSA) is 52.5 Å². The third kappa shape index (κ3) is 5.18. The van der Waals surface area contributed by atoms with Gasteiger partial charge in [0.25, 0.3) is 0 Å². The Morgan fingerprint density at radius 2 is 1.91 bits per heavy atom. The van der Waals surface area contributed by atoms with Crippen LogP contribution in [0.25, 0.3) is 0 Å². The Kier molecular flexibility index (Phi) is 6.51. The largest absolute Gasteiger partial charge is 0.396 e. The van der Waals surface area contributed by atoms with Crippen molar-refractivity contribution in [1.82, 2.24) is 5.32 Å². The minimum absolute atomic E-state index is 0.0241. The maximum atomic E-state index is 8.91. The van der Waals surface area contributed by atoms with Gasteiger partial charge in [-0.05, 0) is 24.8 Å². The van der Waals surface area contributed by atoms with E-state index in [4.69, 9.17) is 10.2 Å². The van der Waals surface area contributed by atoms with Gasteiger partial charge >= 0.3 is 0 Å². The van der Waals surface area contributed by atoms with E-state index in [0.29, 0.717) is 11.8 Å². The van der Waals surface area contributed by atoms with Crippen molar-refractivity contribution >= 4 is 0 Å². The van der Waals surface area contributed by atoms with Crippen LogP contribution in [0.2, 0.25) is 0 Å². The van der Waals surface area contributed by atoms with Crippen molar-refractivity contribution in [3.05, 3.63) is 0 Å². The number of aliphatic hydroxyl groups is 2. The number of hydrogen-bond donors (Lipinski definition) is 3. The molecule has 0 saturated carbocycles. The SMILES string of the molecule is CC(C)[C@@H](CO)CCNCO. The molecular weight excluding hydrogens is 142 g/mol. The van der Waals surface area contributed by atoms with Crippen LogP contribution in [-0.2, 0) is 0 Å². The first-order chi connectivity index (χ1) is 5.22. The molecule has 0 fully saturated rings. The Hall–Kier alpha value is -0.120. The van der Waals surface area contributed by atoms with E-state index in [1.807, 2.05) is 0 Å². The van der Waals surface area contributed by atoms with Gasteiger partial charge < -0.3 is 10.2 Å². The van der Waals surface area contributed by atoms with E-state index in [-0.39, 0.29) is 13.3 Å². The smallest absolute Gasteiger partial charge is 0.0931 e. The molecule has 11 heavy (non-hydrogen) atoms. The zero-order valence-electron chi connectivity index (χ0n) is 7.38. The van der Waals surface area contributed by atoms with Gasteiger partial charge in [-0.15, -0.1) is 0 Å². The van der Waals surface area contributed by atoms with Gasteiger partial charge in [-0.25, -0.2) is 0 Å². The van der Waals surface area contributed by atoms with Crippen molar-refractivity contribution in [3.8, 4) is 0 Å². The number of nitrogens with one attached hydrogen (secondary N) is 1. The molecule has 0 rings (SSSR count). The fraction of sp³-hybridized carbons (Fsp3) is 1.00. The molecule has 0 radical (unpaired) electrons. The maximum Gasteiger partial charge on any atom is 0.0931 e. The van der Waals surface area contributed by atoms with E-state index < -0.39 is 0 Å². The van der Waals surface area contributed by atoms with Crippen LogP contribution in [0.3, 0.4) is 0 Å². The molecule has 68 valence electrons. The molecule has 0 aliphatic carbocycles. The molecule has 0 aromatic heterocycles. The summed E-state index contributed by atoms with van der Waals surface area (Å²) in [7, 11) is 0. The van der Waals surface area contributed by atoms with Gasteiger partial charge in [-0.2, -0.15) is 0 Å². The Balaban J connectivity index is 3.36. The highest BCUT2D eigenvalue weighted by molar-refractivity contribution is 4.62. The second-order valence-corrected chi connectivity index (χ2v) is 3.13. The molecule has 0 aromatic carbocycles. The van der Waals surface area contributed by atoms with Crippen LogP contribution in [0.5, 0.6) is 0 Å². The van der Waals surface area contributed by atoms with Gasteiger partial charge in [-0.3, -0.25) is 5.32 Å². The van der Waals surface area contributed by atoms with Gasteiger partial charge in [0.1, 0.15) is 0 Å². The summed E-state index contributed by atoms with van der Waals surface area (Å²) in [6.07, 6.45) is 0.925. The van der Waals surface area contributed by atoms with Crippen molar-refractivity contribution in [2.24, 2.45) is 11.8 Å². The number of hydrogen-bond acceptors (Lipinski definition) is 3. The summed E-state index contributed by atoms with van der Waals surface area (Å²) in [4.78, 5) is 0. The second kappa shape index (κ2) is 6.58. The van der Waals surface area contributed by atoms with Crippen LogP contribution in [0.4, 0.5) is 0 Å². The highest BCUT2D eigenvalue weighted by Gasteiger charge is 2.10. The van der Waals surface area contributed by atoms with Crippen LogP contribution in [0, 0.1) is 11.8 Å². The highest BCUT2D eigenvalue weighted by Crippen LogP contribution is 2.12. The average Bonchev–Trinajstić information content (AvgIpc) is 1.97. The zero-order valence-corrected chi connectivity index (χ0v) is 7.38. The predicted octanol–water partition coefficient (Wildman–Crippen LogP) is 0.180. The molecule has 1 atom stereocenters. The summed E-state index contributed by atoms with van der Waals surface area (Å²) in [5, 5.41) is 20.1. The third-order valence-corrected chi connectivity index (χ3v) is 1.98. The predicted molar refractivity (Wildman–Crippen MR) is 45.1 cm³/mol. The first kappa shape index (κ1) is 10.9. The summed E-state index contributed by atoms with van der Waals surface area (Å²) in [6, 6.07) is 0. The Morgan fingerprint density at radius 3 is 2.27 bits per heavy atom. The lowest BCUT2D eigenvalue weighted by Gasteiger charge is -2.17. The van der Waals surface area contributed by atoms with Crippen LogP contribution in [0.15, 0.2) is 0 Å². The van der Waals surface area contributed by atoms with Crippen molar-refractivity contribution in [3.63, 3.8) is 0 Å². The standard InChI is InChI=1S/C8H19NO2/c1-7(2)8(5-10)3-4-9-6-11/h7-11H,3-6H2,1-2H3/t8-/m1/s1. The second-order valence-electron chi connectivity index (χ2n) is 3.13. The Bertz CT molecular complexity index is 86.2. The Labute approximate surface area is 68.4 Å². The molecular formula is C8H19NO2.